The molecule has 0 fully saturated rings. The van der Waals surface area contributed by atoms with Crippen LogP contribution in [0.15, 0.2) is 24.3 Å². The number of ether oxygens (including phenoxy) is 1. The Labute approximate surface area is 118 Å². The highest BCUT2D eigenvalue weighted by molar-refractivity contribution is 5.40. The van der Waals surface area contributed by atoms with E-state index < -0.39 is 5.82 Å². The van der Waals surface area contributed by atoms with Crippen LogP contribution in [0.25, 0.3) is 0 Å². The van der Waals surface area contributed by atoms with E-state index in [-0.39, 0.29) is 5.75 Å². The molecule has 0 aliphatic heterocycles. The van der Waals surface area contributed by atoms with E-state index in [0.717, 1.165) is 18.5 Å². The number of aromatic nitrogens is 2. The molecule has 0 atom stereocenters. The van der Waals surface area contributed by atoms with Crippen LogP contribution in [-0.4, -0.2) is 16.5 Å². The van der Waals surface area contributed by atoms with Gasteiger partial charge in [-0.15, -0.1) is 0 Å². The number of nitrogens with one attached hydrogen (secondary N) is 1. The van der Waals surface area contributed by atoms with Crippen molar-refractivity contribution in [1.29, 1.82) is 0 Å². The topological polar surface area (TPSA) is 47.0 Å². The minimum absolute atomic E-state index is 0.171. The van der Waals surface area contributed by atoms with Crippen molar-refractivity contribution in [3.8, 4) is 11.6 Å². The van der Waals surface area contributed by atoms with Crippen molar-refractivity contribution in [2.24, 2.45) is 0 Å². The molecular formula is C15H18FN3O. The smallest absolute Gasteiger partial charge is 0.224 e. The zero-order chi connectivity index (χ0) is 14.5. The van der Waals surface area contributed by atoms with Gasteiger partial charge in [-0.25, -0.2) is 9.37 Å². The highest BCUT2D eigenvalue weighted by atomic mass is 19.1. The predicted molar refractivity (Wildman–Crippen MR) is 76.8 cm³/mol. The van der Waals surface area contributed by atoms with Crippen molar-refractivity contribution in [3.05, 3.63) is 41.5 Å². The van der Waals surface area contributed by atoms with Crippen molar-refractivity contribution in [2.75, 3.05) is 11.9 Å². The summed E-state index contributed by atoms with van der Waals surface area (Å²) in [5, 5.41) is 3.16. The normalized spacial score (nSPS) is 10.4. The van der Waals surface area contributed by atoms with Gasteiger partial charge < -0.3 is 10.1 Å². The summed E-state index contributed by atoms with van der Waals surface area (Å²) >= 11 is 0. The number of rotatable bonds is 5. The fraction of sp³-hybridized carbons (Fsp3) is 0.333. The van der Waals surface area contributed by atoms with Crippen LogP contribution < -0.4 is 10.1 Å². The average molecular weight is 275 g/mol. The largest absolute Gasteiger partial charge is 0.436 e. The second-order valence-electron chi connectivity index (χ2n) is 4.60. The van der Waals surface area contributed by atoms with Crippen LogP contribution in [0.4, 0.5) is 10.2 Å². The summed E-state index contributed by atoms with van der Waals surface area (Å²) in [6.45, 7) is 6.54. The maximum Gasteiger partial charge on any atom is 0.224 e. The summed E-state index contributed by atoms with van der Waals surface area (Å²) in [5.41, 5.74) is 0.927. The number of anilines is 1. The van der Waals surface area contributed by atoms with E-state index in [1.165, 1.54) is 6.07 Å². The molecule has 0 aliphatic carbocycles. The van der Waals surface area contributed by atoms with Crippen LogP contribution in [0.3, 0.4) is 0 Å². The molecule has 0 unspecified atom stereocenters. The first-order valence-corrected chi connectivity index (χ1v) is 6.62. The Morgan fingerprint density at radius 3 is 2.75 bits per heavy atom. The lowest BCUT2D eigenvalue weighted by Gasteiger charge is -2.10. The number of hydrogen-bond donors (Lipinski definition) is 1. The molecule has 1 heterocycles. The Morgan fingerprint density at radius 2 is 2.00 bits per heavy atom. The van der Waals surface area contributed by atoms with E-state index in [0.29, 0.717) is 17.5 Å². The molecule has 0 bridgehead atoms. The van der Waals surface area contributed by atoms with Crippen LogP contribution in [-0.2, 0) is 0 Å². The van der Waals surface area contributed by atoms with Crippen molar-refractivity contribution in [2.45, 2.75) is 27.2 Å². The van der Waals surface area contributed by atoms with Crippen molar-refractivity contribution in [1.82, 2.24) is 9.97 Å². The summed E-state index contributed by atoms with van der Waals surface area (Å²) in [5.74, 6) is 1.36. The van der Waals surface area contributed by atoms with Gasteiger partial charge in [-0.2, -0.15) is 4.98 Å². The third-order valence-corrected chi connectivity index (χ3v) is 2.67. The maximum absolute atomic E-state index is 13.7. The van der Waals surface area contributed by atoms with Gasteiger partial charge in [0.25, 0.3) is 0 Å². The Bertz CT molecular complexity index is 602. The monoisotopic (exact) mass is 275 g/mol. The van der Waals surface area contributed by atoms with Gasteiger partial charge in [0, 0.05) is 12.6 Å². The van der Waals surface area contributed by atoms with Gasteiger partial charge in [-0.1, -0.05) is 13.0 Å². The highest BCUT2D eigenvalue weighted by Crippen LogP contribution is 2.25. The molecule has 1 aromatic carbocycles. The fourth-order valence-electron chi connectivity index (χ4n) is 1.74. The van der Waals surface area contributed by atoms with Gasteiger partial charge >= 0.3 is 0 Å². The molecule has 0 aliphatic rings. The quantitative estimate of drug-likeness (QED) is 0.900. The van der Waals surface area contributed by atoms with E-state index in [1.807, 2.05) is 6.92 Å². The molecule has 2 aromatic rings. The van der Waals surface area contributed by atoms with E-state index in [2.05, 4.69) is 22.2 Å². The second-order valence-corrected chi connectivity index (χ2v) is 4.60. The summed E-state index contributed by atoms with van der Waals surface area (Å²) in [6, 6.07) is 6.40. The molecule has 0 saturated heterocycles. The average Bonchev–Trinajstić information content (AvgIpc) is 2.40. The maximum atomic E-state index is 13.7. The van der Waals surface area contributed by atoms with Crippen molar-refractivity contribution in [3.63, 3.8) is 0 Å². The molecular weight excluding hydrogens is 257 g/mol. The van der Waals surface area contributed by atoms with E-state index in [4.69, 9.17) is 4.74 Å². The summed E-state index contributed by atoms with van der Waals surface area (Å²) in [4.78, 5) is 8.42. The molecule has 1 N–H and O–H groups in total. The molecule has 0 saturated carbocycles. The van der Waals surface area contributed by atoms with Crippen LogP contribution >= 0.6 is 0 Å². The summed E-state index contributed by atoms with van der Waals surface area (Å²) in [7, 11) is 0. The zero-order valence-electron chi connectivity index (χ0n) is 11.9. The fourth-order valence-corrected chi connectivity index (χ4v) is 1.74. The van der Waals surface area contributed by atoms with Gasteiger partial charge in [0.05, 0.1) is 0 Å². The molecule has 20 heavy (non-hydrogen) atoms. The van der Waals surface area contributed by atoms with Gasteiger partial charge in [0.15, 0.2) is 11.6 Å². The lowest BCUT2D eigenvalue weighted by atomic mass is 10.2. The van der Waals surface area contributed by atoms with Gasteiger partial charge in [0.1, 0.15) is 11.6 Å². The third-order valence-electron chi connectivity index (χ3n) is 2.67. The molecule has 5 heteroatoms. The van der Waals surface area contributed by atoms with Crippen LogP contribution in [0.5, 0.6) is 11.6 Å². The number of halogens is 1. The number of aryl methyl sites for hydroxylation is 2. The molecule has 2 rings (SSSR count). The van der Waals surface area contributed by atoms with Gasteiger partial charge in [-0.3, -0.25) is 0 Å². The molecule has 4 nitrogen and oxygen atoms in total. The van der Waals surface area contributed by atoms with Crippen LogP contribution in [0.1, 0.15) is 24.7 Å². The number of nitrogens with zero attached hydrogens (tertiary/aromatic N) is 2. The van der Waals surface area contributed by atoms with Crippen LogP contribution in [0, 0.1) is 19.7 Å². The first-order valence-electron chi connectivity index (χ1n) is 6.62. The number of benzene rings is 1. The molecule has 0 spiro atoms. The van der Waals surface area contributed by atoms with Crippen LogP contribution in [0.2, 0.25) is 0 Å². The second kappa shape index (κ2) is 6.32. The lowest BCUT2D eigenvalue weighted by molar-refractivity contribution is 0.425. The standard InChI is InChI=1S/C15H18FN3O/c1-4-7-17-14-9-15(19-11(3)18-14)20-13-8-10(2)5-6-12(13)16/h5-6,8-9H,4,7H2,1-3H3,(H,17,18,19). The zero-order valence-corrected chi connectivity index (χ0v) is 11.9. The Hall–Kier alpha value is -2.17. The highest BCUT2D eigenvalue weighted by Gasteiger charge is 2.08. The van der Waals surface area contributed by atoms with Crippen molar-refractivity contribution < 1.29 is 9.13 Å². The van der Waals surface area contributed by atoms with E-state index >= 15 is 0 Å². The Balaban J connectivity index is 2.24. The molecule has 0 radical (unpaired) electrons. The third kappa shape index (κ3) is 3.66. The minimum Gasteiger partial charge on any atom is -0.436 e. The first-order chi connectivity index (χ1) is 9.58. The summed E-state index contributed by atoms with van der Waals surface area (Å²) in [6.07, 6.45) is 0.992. The molecule has 1 aromatic heterocycles. The molecule has 0 amide bonds. The van der Waals surface area contributed by atoms with Gasteiger partial charge in [-0.05, 0) is 38.0 Å². The minimum atomic E-state index is -0.407. The van der Waals surface area contributed by atoms with Gasteiger partial charge in [0.2, 0.25) is 5.88 Å². The molecule has 106 valence electrons. The van der Waals surface area contributed by atoms with E-state index in [1.54, 1.807) is 25.1 Å². The summed E-state index contributed by atoms with van der Waals surface area (Å²) < 4.78 is 19.2. The van der Waals surface area contributed by atoms with Crippen molar-refractivity contribution >= 4 is 5.82 Å². The lowest BCUT2D eigenvalue weighted by Crippen LogP contribution is -2.04. The Morgan fingerprint density at radius 1 is 1.20 bits per heavy atom. The van der Waals surface area contributed by atoms with E-state index in [9.17, 15) is 4.39 Å². The SMILES string of the molecule is CCCNc1cc(Oc2cc(C)ccc2F)nc(C)n1. The first kappa shape index (κ1) is 14.2. The predicted octanol–water partition coefficient (Wildman–Crippen LogP) is 3.85. The Kier molecular flexibility index (Phi) is 4.50. The number of hydrogen-bond acceptors (Lipinski definition) is 4.